The van der Waals surface area contributed by atoms with Crippen molar-refractivity contribution < 1.29 is 9.90 Å². The summed E-state index contributed by atoms with van der Waals surface area (Å²) in [5.74, 6) is -0.200. The van der Waals surface area contributed by atoms with Crippen molar-refractivity contribution >= 4 is 17.4 Å². The first-order valence-electron chi connectivity index (χ1n) is 7.08. The molecule has 1 aliphatic carbocycles. The second-order valence-electron chi connectivity index (χ2n) is 5.22. The third kappa shape index (κ3) is 2.69. The van der Waals surface area contributed by atoms with Gasteiger partial charge in [0.05, 0.1) is 17.8 Å². The van der Waals surface area contributed by atoms with Crippen LogP contribution in [0, 0.1) is 0 Å². The Morgan fingerprint density at radius 2 is 2.29 bits per heavy atom. The van der Waals surface area contributed by atoms with Gasteiger partial charge in [-0.2, -0.15) is 0 Å². The molecule has 3 rings (SSSR count). The lowest BCUT2D eigenvalue weighted by atomic mass is 10.1. The molecule has 1 heterocycles. The Hall–Kier alpha value is -1.79. The zero-order valence-electron chi connectivity index (χ0n) is 11.7. The number of hydrogen-bond donors (Lipinski definition) is 2. The number of amides is 1. The van der Waals surface area contributed by atoms with Crippen LogP contribution in [0.5, 0.6) is 0 Å². The van der Waals surface area contributed by atoms with Crippen molar-refractivity contribution in [3.8, 4) is 0 Å². The second-order valence-corrected chi connectivity index (χ2v) is 5.97. The summed E-state index contributed by atoms with van der Waals surface area (Å²) in [6, 6.07) is 7.45. The number of hydrogen-bond acceptors (Lipinski definition) is 5. The van der Waals surface area contributed by atoms with E-state index in [2.05, 4.69) is 14.9 Å². The third-order valence-electron chi connectivity index (χ3n) is 3.74. The van der Waals surface area contributed by atoms with Gasteiger partial charge >= 0.3 is 0 Å². The van der Waals surface area contributed by atoms with Crippen LogP contribution in [-0.2, 0) is 12.8 Å². The fraction of sp³-hybridized carbons (Fsp3) is 0.400. The quantitative estimate of drug-likeness (QED) is 0.904. The van der Waals surface area contributed by atoms with Gasteiger partial charge < -0.3 is 10.4 Å². The summed E-state index contributed by atoms with van der Waals surface area (Å²) >= 11 is 1.11. The van der Waals surface area contributed by atoms with Crippen molar-refractivity contribution in [3.63, 3.8) is 0 Å². The smallest absolute Gasteiger partial charge is 0.265 e. The van der Waals surface area contributed by atoms with Crippen molar-refractivity contribution in [2.24, 2.45) is 0 Å². The van der Waals surface area contributed by atoms with Crippen molar-refractivity contribution in [2.45, 2.75) is 38.3 Å². The molecule has 2 N–H and O–H groups in total. The van der Waals surface area contributed by atoms with E-state index in [0.29, 0.717) is 11.3 Å². The van der Waals surface area contributed by atoms with Crippen LogP contribution in [0.1, 0.15) is 45.9 Å². The summed E-state index contributed by atoms with van der Waals surface area (Å²) in [6.07, 6.45) is 1.65. The number of carbonyl (C=O) groups excluding carboxylic acids is 1. The number of aryl methyl sites for hydroxylation is 1. The molecule has 21 heavy (non-hydrogen) atoms. The minimum atomic E-state index is -0.582. The molecule has 0 saturated carbocycles. The molecule has 0 saturated heterocycles. The summed E-state index contributed by atoms with van der Waals surface area (Å²) in [5, 5.41) is 17.1. The van der Waals surface area contributed by atoms with Gasteiger partial charge in [-0.05, 0) is 29.1 Å². The van der Waals surface area contributed by atoms with E-state index in [0.717, 1.165) is 41.2 Å². The van der Waals surface area contributed by atoms with E-state index < -0.39 is 6.10 Å². The molecular weight excluding hydrogens is 286 g/mol. The van der Waals surface area contributed by atoms with Crippen molar-refractivity contribution in [3.05, 3.63) is 46.0 Å². The zero-order valence-corrected chi connectivity index (χ0v) is 12.6. The monoisotopic (exact) mass is 303 g/mol. The van der Waals surface area contributed by atoms with E-state index in [1.165, 1.54) is 0 Å². The molecule has 2 atom stereocenters. The molecule has 2 aromatic rings. The molecule has 0 spiro atoms. The Bertz CT molecular complexity index is 656. The molecule has 0 radical (unpaired) electrons. The second kappa shape index (κ2) is 5.91. The number of aromatic nitrogens is 2. The number of rotatable bonds is 4. The predicted octanol–water partition coefficient (Wildman–Crippen LogP) is 1.88. The highest BCUT2D eigenvalue weighted by molar-refractivity contribution is 7.08. The Morgan fingerprint density at radius 3 is 3.10 bits per heavy atom. The van der Waals surface area contributed by atoms with E-state index in [1.807, 2.05) is 31.2 Å². The molecule has 5 nitrogen and oxygen atoms in total. The molecule has 1 aliphatic rings. The van der Waals surface area contributed by atoms with E-state index in [4.69, 9.17) is 0 Å². The first-order chi connectivity index (χ1) is 10.2. The Labute approximate surface area is 127 Å². The fourth-order valence-electron chi connectivity index (χ4n) is 2.74. The molecule has 1 aromatic carbocycles. The average molecular weight is 303 g/mol. The van der Waals surface area contributed by atoms with Gasteiger partial charge in [0, 0.05) is 6.42 Å². The standard InChI is InChI=1S/C15H17N3O2S/c1-2-5-11-14(21-18-17-11)15(20)16-13-10-7-4-3-6-9(10)8-12(13)19/h3-4,6-7,12-13,19H,2,5,8H2,1H3,(H,16,20). The van der Waals surface area contributed by atoms with Crippen LogP contribution >= 0.6 is 11.5 Å². The molecule has 0 bridgehead atoms. The third-order valence-corrected chi connectivity index (χ3v) is 4.51. The number of aliphatic hydroxyl groups excluding tert-OH is 1. The maximum Gasteiger partial charge on any atom is 0.265 e. The van der Waals surface area contributed by atoms with E-state index in [9.17, 15) is 9.90 Å². The number of aliphatic hydroxyl groups is 1. The first kappa shape index (κ1) is 14.2. The lowest BCUT2D eigenvalue weighted by Gasteiger charge is -2.17. The summed E-state index contributed by atoms with van der Waals surface area (Å²) in [6.45, 7) is 2.04. The van der Waals surface area contributed by atoms with Crippen molar-refractivity contribution in [2.75, 3.05) is 0 Å². The SMILES string of the molecule is CCCc1nnsc1C(=O)NC1c2ccccc2CC1O. The zero-order chi connectivity index (χ0) is 14.8. The molecule has 0 fully saturated rings. The summed E-state index contributed by atoms with van der Waals surface area (Å²) in [7, 11) is 0. The number of benzene rings is 1. The van der Waals surface area contributed by atoms with Crippen molar-refractivity contribution in [1.82, 2.24) is 14.9 Å². The van der Waals surface area contributed by atoms with Crippen LogP contribution in [0.15, 0.2) is 24.3 Å². The first-order valence-corrected chi connectivity index (χ1v) is 7.86. The molecule has 110 valence electrons. The van der Waals surface area contributed by atoms with Crippen molar-refractivity contribution in [1.29, 1.82) is 0 Å². The topological polar surface area (TPSA) is 75.1 Å². The molecule has 1 aromatic heterocycles. The van der Waals surface area contributed by atoms with Crippen LogP contribution < -0.4 is 5.32 Å². The van der Waals surface area contributed by atoms with E-state index in [1.54, 1.807) is 0 Å². The van der Waals surface area contributed by atoms with Gasteiger partial charge in [-0.1, -0.05) is 42.1 Å². The molecular formula is C15H17N3O2S. The van der Waals surface area contributed by atoms with Gasteiger partial charge in [-0.25, -0.2) is 0 Å². The van der Waals surface area contributed by atoms with E-state index in [-0.39, 0.29) is 11.9 Å². The highest BCUT2D eigenvalue weighted by Gasteiger charge is 2.32. The predicted molar refractivity (Wildman–Crippen MR) is 80.3 cm³/mol. The van der Waals surface area contributed by atoms with Crippen LogP contribution in [0.25, 0.3) is 0 Å². The number of nitrogens with zero attached hydrogens (tertiary/aromatic N) is 2. The number of carbonyl (C=O) groups is 1. The van der Waals surface area contributed by atoms with Crippen LogP contribution in [0.4, 0.5) is 0 Å². The van der Waals surface area contributed by atoms with Gasteiger partial charge in [0.1, 0.15) is 4.88 Å². The van der Waals surface area contributed by atoms with Gasteiger partial charge in [0.2, 0.25) is 0 Å². The lowest BCUT2D eigenvalue weighted by molar-refractivity contribution is 0.0861. The Morgan fingerprint density at radius 1 is 1.48 bits per heavy atom. The van der Waals surface area contributed by atoms with Gasteiger partial charge in [0.15, 0.2) is 0 Å². The van der Waals surface area contributed by atoms with E-state index >= 15 is 0 Å². The lowest BCUT2D eigenvalue weighted by Crippen LogP contribution is -2.33. The van der Waals surface area contributed by atoms with Gasteiger partial charge in [0.25, 0.3) is 5.91 Å². The summed E-state index contributed by atoms with van der Waals surface area (Å²) < 4.78 is 3.87. The minimum Gasteiger partial charge on any atom is -0.390 e. The largest absolute Gasteiger partial charge is 0.390 e. The summed E-state index contributed by atoms with van der Waals surface area (Å²) in [4.78, 5) is 13.0. The maximum atomic E-state index is 12.4. The molecule has 0 aliphatic heterocycles. The highest BCUT2D eigenvalue weighted by atomic mass is 32.1. The molecule has 1 amide bonds. The highest BCUT2D eigenvalue weighted by Crippen LogP contribution is 2.31. The fourth-order valence-corrected chi connectivity index (χ4v) is 3.35. The Kier molecular flexibility index (Phi) is 3.98. The summed E-state index contributed by atoms with van der Waals surface area (Å²) in [5.41, 5.74) is 2.82. The van der Waals surface area contributed by atoms with Gasteiger partial charge in [-0.15, -0.1) is 5.10 Å². The molecule has 6 heteroatoms. The maximum absolute atomic E-state index is 12.4. The normalized spacial score (nSPS) is 20.3. The van der Waals surface area contributed by atoms with Crippen LogP contribution in [0.3, 0.4) is 0 Å². The Balaban J connectivity index is 1.80. The van der Waals surface area contributed by atoms with Crippen LogP contribution in [-0.4, -0.2) is 26.7 Å². The minimum absolute atomic E-state index is 0.200. The number of fused-ring (bicyclic) bond motifs is 1. The number of nitrogens with one attached hydrogen (secondary N) is 1. The molecule has 2 unspecified atom stereocenters. The van der Waals surface area contributed by atoms with Gasteiger partial charge in [-0.3, -0.25) is 4.79 Å². The van der Waals surface area contributed by atoms with Crippen LogP contribution in [0.2, 0.25) is 0 Å². The average Bonchev–Trinajstić information content (AvgIpc) is 3.05.